The van der Waals surface area contributed by atoms with E-state index in [1.165, 1.54) is 5.56 Å². The molecule has 0 saturated carbocycles. The second-order valence-corrected chi connectivity index (χ2v) is 8.09. The molecule has 0 bridgehead atoms. The monoisotopic (exact) mass is 437 g/mol. The van der Waals surface area contributed by atoms with E-state index < -0.39 is 0 Å². The SMILES string of the molecule is CCC(=O)NC1CC(C(=O)Nc2cccc(NC(=O)CCCc3ccccc3)n2)N(C)C1. The van der Waals surface area contributed by atoms with E-state index in [-0.39, 0.29) is 29.8 Å². The van der Waals surface area contributed by atoms with Gasteiger partial charge in [0.05, 0.1) is 6.04 Å². The first-order chi connectivity index (χ1) is 15.4. The molecule has 2 atom stereocenters. The maximum Gasteiger partial charge on any atom is 0.242 e. The smallest absolute Gasteiger partial charge is 0.242 e. The van der Waals surface area contributed by atoms with Gasteiger partial charge in [-0.3, -0.25) is 19.3 Å². The number of likely N-dealkylation sites (N-methyl/N-ethyl adjacent to an activating group) is 1. The number of nitrogens with one attached hydrogen (secondary N) is 3. The summed E-state index contributed by atoms with van der Waals surface area (Å²) in [6.45, 7) is 2.43. The highest BCUT2D eigenvalue weighted by molar-refractivity contribution is 5.95. The van der Waals surface area contributed by atoms with Crippen molar-refractivity contribution in [2.24, 2.45) is 0 Å². The maximum absolute atomic E-state index is 12.7. The van der Waals surface area contributed by atoms with Gasteiger partial charge in [0.15, 0.2) is 0 Å². The van der Waals surface area contributed by atoms with Crippen LogP contribution in [0.2, 0.25) is 0 Å². The van der Waals surface area contributed by atoms with E-state index in [4.69, 9.17) is 0 Å². The second kappa shape index (κ2) is 11.4. The molecule has 8 heteroatoms. The third-order valence-electron chi connectivity index (χ3n) is 5.52. The first kappa shape index (κ1) is 23.4. The number of pyridine rings is 1. The molecule has 1 aliphatic heterocycles. The number of carbonyl (C=O) groups excluding carboxylic acids is 3. The van der Waals surface area contributed by atoms with Gasteiger partial charge in [0.25, 0.3) is 0 Å². The van der Waals surface area contributed by atoms with Crippen molar-refractivity contribution < 1.29 is 14.4 Å². The Balaban J connectivity index is 1.48. The lowest BCUT2D eigenvalue weighted by atomic mass is 10.1. The number of aryl methyl sites for hydroxylation is 1. The molecule has 1 aromatic carbocycles. The molecule has 2 heterocycles. The number of amides is 3. The summed E-state index contributed by atoms with van der Waals surface area (Å²) in [6, 6.07) is 14.8. The van der Waals surface area contributed by atoms with Gasteiger partial charge in [0, 0.05) is 25.4 Å². The van der Waals surface area contributed by atoms with Crippen molar-refractivity contribution in [3.8, 4) is 0 Å². The molecule has 32 heavy (non-hydrogen) atoms. The number of likely N-dealkylation sites (tertiary alicyclic amines) is 1. The summed E-state index contributed by atoms with van der Waals surface area (Å²) >= 11 is 0. The van der Waals surface area contributed by atoms with E-state index in [1.807, 2.05) is 42.3 Å². The van der Waals surface area contributed by atoms with Gasteiger partial charge in [-0.15, -0.1) is 0 Å². The fraction of sp³-hybridized carbons (Fsp3) is 0.417. The van der Waals surface area contributed by atoms with Crippen molar-refractivity contribution >= 4 is 29.4 Å². The van der Waals surface area contributed by atoms with Crippen LogP contribution in [-0.4, -0.2) is 53.3 Å². The van der Waals surface area contributed by atoms with Crippen molar-refractivity contribution in [2.75, 3.05) is 24.2 Å². The fourth-order valence-electron chi connectivity index (χ4n) is 3.83. The summed E-state index contributed by atoms with van der Waals surface area (Å²) in [5, 5.41) is 8.56. The molecule has 8 nitrogen and oxygen atoms in total. The first-order valence-corrected chi connectivity index (χ1v) is 11.1. The van der Waals surface area contributed by atoms with E-state index in [0.717, 1.165) is 12.8 Å². The van der Waals surface area contributed by atoms with Crippen LogP contribution in [0.15, 0.2) is 48.5 Å². The van der Waals surface area contributed by atoms with Gasteiger partial charge in [-0.2, -0.15) is 0 Å². The Labute approximate surface area is 188 Å². The average Bonchev–Trinajstić information content (AvgIpc) is 3.14. The molecule has 2 aromatic rings. The molecular formula is C24H31N5O3. The third kappa shape index (κ3) is 6.88. The number of hydrogen-bond donors (Lipinski definition) is 3. The highest BCUT2D eigenvalue weighted by Gasteiger charge is 2.35. The maximum atomic E-state index is 12.7. The predicted molar refractivity (Wildman–Crippen MR) is 124 cm³/mol. The Kier molecular flexibility index (Phi) is 8.33. The summed E-state index contributed by atoms with van der Waals surface area (Å²) in [5.41, 5.74) is 1.21. The number of rotatable bonds is 9. The summed E-state index contributed by atoms with van der Waals surface area (Å²) in [4.78, 5) is 42.9. The second-order valence-electron chi connectivity index (χ2n) is 8.09. The van der Waals surface area contributed by atoms with Gasteiger partial charge < -0.3 is 16.0 Å². The highest BCUT2D eigenvalue weighted by Crippen LogP contribution is 2.18. The molecule has 170 valence electrons. The van der Waals surface area contributed by atoms with E-state index in [9.17, 15) is 14.4 Å². The standard InChI is InChI=1S/C24H31N5O3/c1-3-22(30)25-18-15-19(29(2)16-18)24(32)28-21-13-8-12-20(26-21)27-23(31)14-7-11-17-9-5-4-6-10-17/h4-6,8-10,12-13,18-19H,3,7,11,14-16H2,1-2H3,(H,25,30)(H2,26,27,28,31,32). The van der Waals surface area contributed by atoms with Gasteiger partial charge >= 0.3 is 0 Å². The molecule has 3 rings (SSSR count). The minimum atomic E-state index is -0.352. The summed E-state index contributed by atoms with van der Waals surface area (Å²) < 4.78 is 0. The molecule has 1 fully saturated rings. The molecule has 1 aromatic heterocycles. The molecule has 0 radical (unpaired) electrons. The zero-order chi connectivity index (χ0) is 22.9. The van der Waals surface area contributed by atoms with Crippen molar-refractivity contribution in [2.45, 2.75) is 51.1 Å². The van der Waals surface area contributed by atoms with Crippen LogP contribution < -0.4 is 16.0 Å². The van der Waals surface area contributed by atoms with Crippen molar-refractivity contribution in [3.05, 3.63) is 54.1 Å². The number of carbonyl (C=O) groups is 3. The molecular weight excluding hydrogens is 406 g/mol. The van der Waals surface area contributed by atoms with Gasteiger partial charge in [0.1, 0.15) is 11.6 Å². The fourth-order valence-corrected chi connectivity index (χ4v) is 3.83. The highest BCUT2D eigenvalue weighted by atomic mass is 16.2. The number of nitrogens with zero attached hydrogens (tertiary/aromatic N) is 2. The van der Waals surface area contributed by atoms with Crippen molar-refractivity contribution in [3.63, 3.8) is 0 Å². The molecule has 0 spiro atoms. The lowest BCUT2D eigenvalue weighted by molar-refractivity contribution is -0.122. The Bertz CT molecular complexity index is 934. The largest absolute Gasteiger partial charge is 0.352 e. The summed E-state index contributed by atoms with van der Waals surface area (Å²) in [7, 11) is 1.86. The summed E-state index contributed by atoms with van der Waals surface area (Å²) in [6.07, 6.45) is 2.95. The van der Waals surface area contributed by atoms with Crippen LogP contribution in [0.1, 0.15) is 38.2 Å². The molecule has 1 aliphatic rings. The minimum absolute atomic E-state index is 0.0154. The third-order valence-corrected chi connectivity index (χ3v) is 5.52. The van der Waals surface area contributed by atoms with Crippen LogP contribution in [0.5, 0.6) is 0 Å². The van der Waals surface area contributed by atoms with Crippen LogP contribution in [0.3, 0.4) is 0 Å². The van der Waals surface area contributed by atoms with E-state index in [0.29, 0.717) is 37.4 Å². The van der Waals surface area contributed by atoms with E-state index in [2.05, 4.69) is 20.9 Å². The Hall–Kier alpha value is -3.26. The normalized spacial score (nSPS) is 18.2. The van der Waals surface area contributed by atoms with Gasteiger partial charge in [-0.25, -0.2) is 4.98 Å². The Morgan fingerprint density at radius 3 is 2.44 bits per heavy atom. The molecule has 1 saturated heterocycles. The summed E-state index contributed by atoms with van der Waals surface area (Å²) in [5.74, 6) is 0.478. The van der Waals surface area contributed by atoms with Crippen LogP contribution >= 0.6 is 0 Å². The van der Waals surface area contributed by atoms with E-state index >= 15 is 0 Å². The molecule has 3 N–H and O–H groups in total. The predicted octanol–water partition coefficient (Wildman–Crippen LogP) is 2.58. The van der Waals surface area contributed by atoms with Gasteiger partial charge in [-0.1, -0.05) is 43.3 Å². The lowest BCUT2D eigenvalue weighted by Crippen LogP contribution is -2.37. The average molecular weight is 438 g/mol. The quantitative estimate of drug-likeness (QED) is 0.560. The topological polar surface area (TPSA) is 103 Å². The van der Waals surface area contributed by atoms with Crippen LogP contribution in [0.4, 0.5) is 11.6 Å². The number of aromatic nitrogens is 1. The number of benzene rings is 1. The van der Waals surface area contributed by atoms with Gasteiger partial charge in [-0.05, 0) is 44.0 Å². The number of anilines is 2. The van der Waals surface area contributed by atoms with Crippen molar-refractivity contribution in [1.82, 2.24) is 15.2 Å². The first-order valence-electron chi connectivity index (χ1n) is 11.1. The van der Waals surface area contributed by atoms with Crippen LogP contribution in [0, 0.1) is 0 Å². The molecule has 3 amide bonds. The zero-order valence-corrected chi connectivity index (χ0v) is 18.6. The Morgan fingerprint density at radius 2 is 1.72 bits per heavy atom. The minimum Gasteiger partial charge on any atom is -0.352 e. The molecule has 0 aliphatic carbocycles. The van der Waals surface area contributed by atoms with Gasteiger partial charge in [0.2, 0.25) is 17.7 Å². The lowest BCUT2D eigenvalue weighted by Gasteiger charge is -2.18. The van der Waals surface area contributed by atoms with Crippen molar-refractivity contribution in [1.29, 1.82) is 0 Å². The van der Waals surface area contributed by atoms with E-state index in [1.54, 1.807) is 25.1 Å². The Morgan fingerprint density at radius 1 is 1.00 bits per heavy atom. The number of hydrogen-bond acceptors (Lipinski definition) is 5. The molecule has 2 unspecified atom stereocenters. The zero-order valence-electron chi connectivity index (χ0n) is 18.6. The van der Waals surface area contributed by atoms with Crippen LogP contribution in [-0.2, 0) is 20.8 Å². The van der Waals surface area contributed by atoms with Crippen LogP contribution in [0.25, 0.3) is 0 Å².